The zero-order valence-corrected chi connectivity index (χ0v) is 18.5. The number of carbonyl (C=O) groups is 1. The van der Waals surface area contributed by atoms with Crippen LogP contribution < -0.4 is 10.4 Å². The molecule has 3 aromatic carbocycles. The summed E-state index contributed by atoms with van der Waals surface area (Å²) in [5, 5.41) is 1.38. The molecule has 2 heterocycles. The molecule has 0 amide bonds. The number of benzene rings is 3. The lowest BCUT2D eigenvalue weighted by molar-refractivity contribution is 0.101. The van der Waals surface area contributed by atoms with Gasteiger partial charge in [0.15, 0.2) is 5.76 Å². The summed E-state index contributed by atoms with van der Waals surface area (Å²) in [6.45, 7) is 2.19. The predicted molar refractivity (Wildman–Crippen MR) is 129 cm³/mol. The van der Waals surface area contributed by atoms with Crippen LogP contribution in [0.25, 0.3) is 33.1 Å². The predicted octanol–water partition coefficient (Wildman–Crippen LogP) is 6.36. The first-order valence-electron chi connectivity index (χ1n) is 10.5. The number of hydrogen-bond acceptors (Lipinski definition) is 5. The molecule has 5 nitrogen and oxygen atoms in total. The van der Waals surface area contributed by atoms with Gasteiger partial charge in [-0.2, -0.15) is 0 Å². The first-order valence-corrected chi connectivity index (χ1v) is 11.0. The molecule has 0 unspecified atom stereocenters. The lowest BCUT2D eigenvalue weighted by Gasteiger charge is -2.07. The number of alkyl halides is 1. The molecule has 0 saturated carbocycles. The van der Waals surface area contributed by atoms with E-state index in [0.29, 0.717) is 45.9 Å². The van der Waals surface area contributed by atoms with Gasteiger partial charge in [-0.15, -0.1) is 11.6 Å². The van der Waals surface area contributed by atoms with Gasteiger partial charge in [-0.25, -0.2) is 4.79 Å². The third kappa shape index (κ3) is 3.81. The molecule has 0 fully saturated rings. The topological polar surface area (TPSA) is 69.7 Å². The summed E-state index contributed by atoms with van der Waals surface area (Å²) in [6, 6.07) is 21.4. The van der Waals surface area contributed by atoms with Gasteiger partial charge in [-0.1, -0.05) is 42.5 Å². The summed E-state index contributed by atoms with van der Waals surface area (Å²) < 4.78 is 17.3. The van der Waals surface area contributed by atoms with E-state index in [2.05, 4.69) is 0 Å². The minimum Gasteiger partial charge on any atom is -0.492 e. The number of fused-ring (bicyclic) bond motifs is 3. The molecular formula is C27H19ClO5. The molecule has 0 radical (unpaired) electrons. The third-order valence-electron chi connectivity index (χ3n) is 5.48. The Hall–Kier alpha value is -3.83. The second-order valence-electron chi connectivity index (χ2n) is 7.63. The van der Waals surface area contributed by atoms with E-state index in [1.54, 1.807) is 30.3 Å². The third-order valence-corrected chi connectivity index (χ3v) is 5.64. The Balaban J connectivity index is 1.79. The monoisotopic (exact) mass is 458 g/mol. The van der Waals surface area contributed by atoms with E-state index in [0.717, 1.165) is 16.5 Å². The lowest BCUT2D eigenvalue weighted by atomic mass is 9.96. The van der Waals surface area contributed by atoms with Crippen molar-refractivity contribution in [2.45, 2.75) is 6.92 Å². The average Bonchev–Trinajstić information content (AvgIpc) is 3.23. The highest BCUT2D eigenvalue weighted by molar-refractivity contribution is 6.20. The summed E-state index contributed by atoms with van der Waals surface area (Å²) in [5.41, 5.74) is 2.99. The molecule has 0 spiro atoms. The molecule has 33 heavy (non-hydrogen) atoms. The van der Waals surface area contributed by atoms with Crippen LogP contribution in [0, 0.1) is 6.92 Å². The normalized spacial score (nSPS) is 11.2. The Bertz CT molecular complexity index is 1550. The fourth-order valence-corrected chi connectivity index (χ4v) is 4.09. The zero-order valence-electron chi connectivity index (χ0n) is 17.8. The van der Waals surface area contributed by atoms with Gasteiger partial charge < -0.3 is 13.6 Å². The van der Waals surface area contributed by atoms with Crippen LogP contribution in [0.15, 0.2) is 86.4 Å². The standard InChI is InChI=1S/C27H19ClO5/c1-16-14-22(29)33-26-20(16)10-11-21-24(26)23(17-6-3-2-4-7-17)27(32-21)25(30)18-8-5-9-19(15-18)31-13-12-28/h2-11,14-15H,12-13H2,1H3. The molecule has 0 aliphatic carbocycles. The first-order chi connectivity index (χ1) is 16.1. The highest BCUT2D eigenvalue weighted by Gasteiger charge is 2.26. The van der Waals surface area contributed by atoms with Gasteiger partial charge in [0.05, 0.1) is 11.3 Å². The average molecular weight is 459 g/mol. The number of ketones is 1. The van der Waals surface area contributed by atoms with Crippen LogP contribution in [0.2, 0.25) is 0 Å². The van der Waals surface area contributed by atoms with Gasteiger partial charge in [0, 0.05) is 22.6 Å². The summed E-state index contributed by atoms with van der Waals surface area (Å²) in [6.07, 6.45) is 0. The number of rotatable bonds is 6. The van der Waals surface area contributed by atoms with E-state index in [9.17, 15) is 9.59 Å². The van der Waals surface area contributed by atoms with E-state index in [1.807, 2.05) is 43.3 Å². The van der Waals surface area contributed by atoms with E-state index < -0.39 is 5.63 Å². The Kier molecular flexibility index (Phi) is 5.48. The van der Waals surface area contributed by atoms with Gasteiger partial charge in [-0.05, 0) is 42.3 Å². The number of carbonyl (C=O) groups excluding carboxylic acids is 1. The van der Waals surface area contributed by atoms with E-state index in [4.69, 9.17) is 25.2 Å². The summed E-state index contributed by atoms with van der Waals surface area (Å²) in [5.74, 6) is 0.759. The smallest absolute Gasteiger partial charge is 0.336 e. The Morgan fingerprint density at radius 2 is 1.79 bits per heavy atom. The fraction of sp³-hybridized carbons (Fsp3) is 0.111. The van der Waals surface area contributed by atoms with Crippen molar-refractivity contribution in [3.8, 4) is 16.9 Å². The highest BCUT2D eigenvalue weighted by Crippen LogP contribution is 2.40. The summed E-state index contributed by atoms with van der Waals surface area (Å²) in [4.78, 5) is 25.8. The van der Waals surface area contributed by atoms with Crippen molar-refractivity contribution in [2.24, 2.45) is 0 Å². The zero-order chi connectivity index (χ0) is 22.9. The van der Waals surface area contributed by atoms with Crippen LogP contribution >= 0.6 is 11.6 Å². The Morgan fingerprint density at radius 3 is 2.58 bits per heavy atom. The van der Waals surface area contributed by atoms with Gasteiger partial charge in [0.25, 0.3) is 0 Å². The van der Waals surface area contributed by atoms with E-state index in [-0.39, 0.29) is 11.5 Å². The fourth-order valence-electron chi connectivity index (χ4n) is 4.02. The van der Waals surface area contributed by atoms with Gasteiger partial charge in [0.1, 0.15) is 23.5 Å². The SMILES string of the molecule is Cc1cc(=O)oc2c1ccc1oc(C(=O)c3cccc(OCCCl)c3)c(-c3ccccc3)c12. The second-order valence-corrected chi connectivity index (χ2v) is 8.01. The highest BCUT2D eigenvalue weighted by atomic mass is 35.5. The van der Waals surface area contributed by atoms with Crippen LogP contribution in [0.4, 0.5) is 0 Å². The molecule has 5 aromatic rings. The lowest BCUT2D eigenvalue weighted by Crippen LogP contribution is -2.04. The molecule has 0 bridgehead atoms. The minimum absolute atomic E-state index is 0.169. The van der Waals surface area contributed by atoms with Crippen molar-refractivity contribution in [3.05, 3.63) is 100 Å². The quantitative estimate of drug-likeness (QED) is 0.168. The van der Waals surface area contributed by atoms with Crippen LogP contribution in [0.3, 0.4) is 0 Å². The Labute approximate surface area is 194 Å². The first kappa shape index (κ1) is 21.0. The van der Waals surface area contributed by atoms with Crippen molar-refractivity contribution in [3.63, 3.8) is 0 Å². The number of aryl methyl sites for hydroxylation is 1. The van der Waals surface area contributed by atoms with Gasteiger partial charge >= 0.3 is 5.63 Å². The molecular weight excluding hydrogens is 440 g/mol. The second kappa shape index (κ2) is 8.60. The van der Waals surface area contributed by atoms with Crippen LogP contribution in [0.5, 0.6) is 5.75 Å². The van der Waals surface area contributed by atoms with Crippen LogP contribution in [0.1, 0.15) is 21.7 Å². The molecule has 6 heteroatoms. The number of halogens is 1. The number of ether oxygens (including phenoxy) is 1. The van der Waals surface area contributed by atoms with Crippen LogP contribution in [-0.4, -0.2) is 18.3 Å². The number of hydrogen-bond donors (Lipinski definition) is 0. The van der Waals surface area contributed by atoms with E-state index in [1.165, 1.54) is 6.07 Å². The Morgan fingerprint density at radius 1 is 0.970 bits per heavy atom. The number of furan rings is 1. The molecule has 0 aliphatic heterocycles. The van der Waals surface area contributed by atoms with Crippen molar-refractivity contribution in [1.29, 1.82) is 0 Å². The molecule has 0 saturated heterocycles. The van der Waals surface area contributed by atoms with Crippen LogP contribution in [-0.2, 0) is 0 Å². The largest absolute Gasteiger partial charge is 0.492 e. The van der Waals surface area contributed by atoms with E-state index >= 15 is 0 Å². The molecule has 0 N–H and O–H groups in total. The molecule has 5 rings (SSSR count). The van der Waals surface area contributed by atoms with Crippen molar-refractivity contribution < 1.29 is 18.4 Å². The summed E-state index contributed by atoms with van der Waals surface area (Å²) in [7, 11) is 0. The molecule has 0 atom stereocenters. The van der Waals surface area contributed by atoms with Gasteiger partial charge in [-0.3, -0.25) is 4.79 Å². The maximum Gasteiger partial charge on any atom is 0.336 e. The summed E-state index contributed by atoms with van der Waals surface area (Å²) >= 11 is 5.72. The molecule has 2 aromatic heterocycles. The van der Waals surface area contributed by atoms with Gasteiger partial charge in [0.2, 0.25) is 5.78 Å². The minimum atomic E-state index is -0.454. The van der Waals surface area contributed by atoms with Crippen molar-refractivity contribution >= 4 is 39.3 Å². The maximum absolute atomic E-state index is 13.6. The van der Waals surface area contributed by atoms with Crippen molar-refractivity contribution in [2.75, 3.05) is 12.5 Å². The van der Waals surface area contributed by atoms with Crippen molar-refractivity contribution in [1.82, 2.24) is 0 Å². The molecule has 164 valence electrons. The molecule has 0 aliphatic rings. The maximum atomic E-state index is 13.6.